The first-order chi connectivity index (χ1) is 8.28. The van der Waals surface area contributed by atoms with Crippen LogP contribution in [0.25, 0.3) is 0 Å². The van der Waals surface area contributed by atoms with E-state index >= 15 is 0 Å². The van der Waals surface area contributed by atoms with E-state index in [0.717, 1.165) is 5.56 Å². The van der Waals surface area contributed by atoms with Crippen molar-refractivity contribution in [3.63, 3.8) is 0 Å². The van der Waals surface area contributed by atoms with E-state index in [4.69, 9.17) is 15.6 Å². The van der Waals surface area contributed by atoms with Crippen LogP contribution in [0.1, 0.15) is 5.56 Å². The molecule has 0 fully saturated rings. The minimum absolute atomic E-state index is 0.153. The number of nitrogen functional groups attached to an aromatic ring is 1. The van der Waals surface area contributed by atoms with Crippen LogP contribution < -0.4 is 10.5 Å². The van der Waals surface area contributed by atoms with Gasteiger partial charge in [0, 0.05) is 12.7 Å². The molecule has 3 N–H and O–H groups in total. The van der Waals surface area contributed by atoms with Gasteiger partial charge < -0.3 is 15.6 Å². The lowest BCUT2D eigenvalue weighted by Gasteiger charge is -2.05. The molecule has 0 aliphatic carbocycles. The monoisotopic (exact) mass is 230 g/mol. The number of hydrogen-bond acceptors (Lipinski definition) is 4. The molecule has 0 aliphatic heterocycles. The topological polar surface area (TPSA) is 68.4 Å². The fraction of sp³-hybridized carbons (Fsp3) is 0.154. The second-order valence-corrected chi connectivity index (χ2v) is 3.65. The van der Waals surface area contributed by atoms with Crippen molar-refractivity contribution in [2.24, 2.45) is 0 Å². The van der Waals surface area contributed by atoms with Gasteiger partial charge in [0.1, 0.15) is 5.75 Å². The molecule has 0 spiro atoms. The third kappa shape index (κ3) is 3.19. The number of rotatable bonds is 4. The minimum atomic E-state index is 0.153. The van der Waals surface area contributed by atoms with Gasteiger partial charge in [-0.1, -0.05) is 12.1 Å². The number of aromatic nitrogens is 1. The van der Waals surface area contributed by atoms with E-state index in [1.165, 1.54) is 0 Å². The molecule has 4 heteroatoms. The Hall–Kier alpha value is -2.07. The zero-order valence-electron chi connectivity index (χ0n) is 9.34. The fourth-order valence-corrected chi connectivity index (χ4v) is 1.43. The molecule has 0 saturated carbocycles. The van der Waals surface area contributed by atoms with E-state index in [1.54, 1.807) is 18.3 Å². The summed E-state index contributed by atoms with van der Waals surface area (Å²) >= 11 is 0. The van der Waals surface area contributed by atoms with Crippen molar-refractivity contribution in [1.82, 2.24) is 4.98 Å². The van der Waals surface area contributed by atoms with Gasteiger partial charge in [0.2, 0.25) is 5.88 Å². The third-order valence-electron chi connectivity index (χ3n) is 2.31. The van der Waals surface area contributed by atoms with Crippen molar-refractivity contribution >= 4 is 5.69 Å². The molecule has 0 aliphatic rings. The molecule has 0 radical (unpaired) electrons. The van der Waals surface area contributed by atoms with Crippen LogP contribution in [0.4, 0.5) is 5.69 Å². The number of anilines is 1. The molecule has 1 aromatic heterocycles. The van der Waals surface area contributed by atoms with Crippen molar-refractivity contribution in [3.8, 4) is 11.6 Å². The van der Waals surface area contributed by atoms with E-state index < -0.39 is 0 Å². The summed E-state index contributed by atoms with van der Waals surface area (Å²) in [5.74, 6) is 1.22. The largest absolute Gasteiger partial charge is 0.439 e. The standard InChI is InChI=1S/C13H14N2O2/c14-11-3-6-13(15-9-11)17-12-4-1-10(2-5-12)7-8-16/h1-6,9,16H,7-8,14H2. The van der Waals surface area contributed by atoms with Gasteiger partial charge in [-0.2, -0.15) is 0 Å². The number of pyridine rings is 1. The predicted octanol–water partition coefficient (Wildman–Crippen LogP) is 1.99. The van der Waals surface area contributed by atoms with Gasteiger partial charge in [0.15, 0.2) is 0 Å². The van der Waals surface area contributed by atoms with Crippen molar-refractivity contribution < 1.29 is 9.84 Å². The molecule has 4 nitrogen and oxygen atoms in total. The normalized spacial score (nSPS) is 10.2. The Morgan fingerprint density at radius 3 is 2.47 bits per heavy atom. The SMILES string of the molecule is Nc1ccc(Oc2ccc(CCO)cc2)nc1. The second-order valence-electron chi connectivity index (χ2n) is 3.65. The number of benzene rings is 1. The first-order valence-corrected chi connectivity index (χ1v) is 5.37. The maximum Gasteiger partial charge on any atom is 0.219 e. The highest BCUT2D eigenvalue weighted by Crippen LogP contribution is 2.20. The zero-order chi connectivity index (χ0) is 12.1. The summed E-state index contributed by atoms with van der Waals surface area (Å²) in [7, 11) is 0. The van der Waals surface area contributed by atoms with Crippen molar-refractivity contribution in [3.05, 3.63) is 48.2 Å². The Bertz CT molecular complexity index is 466. The van der Waals surface area contributed by atoms with Gasteiger partial charge >= 0.3 is 0 Å². The number of aliphatic hydroxyl groups is 1. The summed E-state index contributed by atoms with van der Waals surface area (Å²) in [6.45, 7) is 0.153. The Kier molecular flexibility index (Phi) is 3.57. The Morgan fingerprint density at radius 2 is 1.88 bits per heavy atom. The van der Waals surface area contributed by atoms with Crippen LogP contribution in [0.5, 0.6) is 11.6 Å². The molecule has 1 aromatic carbocycles. The summed E-state index contributed by atoms with van der Waals surface area (Å²) in [5, 5.41) is 8.80. The number of nitrogens with zero attached hydrogens (tertiary/aromatic N) is 1. The summed E-state index contributed by atoms with van der Waals surface area (Å²) < 4.78 is 5.54. The van der Waals surface area contributed by atoms with Crippen LogP contribution in [0.3, 0.4) is 0 Å². The van der Waals surface area contributed by atoms with Crippen LogP contribution in [0, 0.1) is 0 Å². The number of hydrogen-bond donors (Lipinski definition) is 2. The highest BCUT2D eigenvalue weighted by atomic mass is 16.5. The first kappa shape index (κ1) is 11.4. The Balaban J connectivity index is 2.05. The fourth-order valence-electron chi connectivity index (χ4n) is 1.43. The molecule has 2 aromatic rings. The first-order valence-electron chi connectivity index (χ1n) is 5.37. The maximum atomic E-state index is 8.80. The number of ether oxygens (including phenoxy) is 1. The van der Waals surface area contributed by atoms with Gasteiger partial charge in [0.05, 0.1) is 11.9 Å². The lowest BCUT2D eigenvalue weighted by atomic mass is 10.1. The van der Waals surface area contributed by atoms with E-state index in [0.29, 0.717) is 23.7 Å². The summed E-state index contributed by atoms with van der Waals surface area (Å²) in [5.41, 5.74) is 7.21. The molecule has 0 amide bonds. The van der Waals surface area contributed by atoms with Gasteiger partial charge in [-0.3, -0.25) is 0 Å². The molecular formula is C13H14N2O2. The van der Waals surface area contributed by atoms with Gasteiger partial charge in [-0.25, -0.2) is 4.98 Å². The highest BCUT2D eigenvalue weighted by molar-refractivity contribution is 5.37. The van der Waals surface area contributed by atoms with Crippen LogP contribution in [0.15, 0.2) is 42.6 Å². The Labute approximate surface area is 99.7 Å². The second kappa shape index (κ2) is 5.32. The third-order valence-corrected chi connectivity index (χ3v) is 2.31. The molecule has 17 heavy (non-hydrogen) atoms. The highest BCUT2D eigenvalue weighted by Gasteiger charge is 1.98. The van der Waals surface area contributed by atoms with Crippen molar-refractivity contribution in [2.75, 3.05) is 12.3 Å². The van der Waals surface area contributed by atoms with Crippen LogP contribution >= 0.6 is 0 Å². The molecule has 0 atom stereocenters. The van der Waals surface area contributed by atoms with Crippen LogP contribution in [0.2, 0.25) is 0 Å². The number of aliphatic hydroxyl groups excluding tert-OH is 1. The molecule has 88 valence electrons. The lowest BCUT2D eigenvalue weighted by Crippen LogP contribution is -1.92. The molecule has 2 rings (SSSR count). The van der Waals surface area contributed by atoms with E-state index in [2.05, 4.69) is 4.98 Å². The van der Waals surface area contributed by atoms with Crippen LogP contribution in [-0.2, 0) is 6.42 Å². The van der Waals surface area contributed by atoms with E-state index in [9.17, 15) is 0 Å². The average molecular weight is 230 g/mol. The average Bonchev–Trinajstić information content (AvgIpc) is 2.35. The van der Waals surface area contributed by atoms with Gasteiger partial charge in [0.25, 0.3) is 0 Å². The Morgan fingerprint density at radius 1 is 1.12 bits per heavy atom. The van der Waals surface area contributed by atoms with Crippen molar-refractivity contribution in [2.45, 2.75) is 6.42 Å². The zero-order valence-corrected chi connectivity index (χ0v) is 9.34. The van der Waals surface area contributed by atoms with Gasteiger partial charge in [-0.05, 0) is 30.2 Å². The maximum absolute atomic E-state index is 8.80. The smallest absolute Gasteiger partial charge is 0.219 e. The van der Waals surface area contributed by atoms with E-state index in [-0.39, 0.29) is 6.61 Å². The number of nitrogens with two attached hydrogens (primary N) is 1. The summed E-state index contributed by atoms with van der Waals surface area (Å²) in [4.78, 5) is 4.05. The predicted molar refractivity (Wildman–Crippen MR) is 66.0 cm³/mol. The molecule has 0 bridgehead atoms. The molecule has 1 heterocycles. The van der Waals surface area contributed by atoms with Crippen molar-refractivity contribution in [1.29, 1.82) is 0 Å². The summed E-state index contributed by atoms with van der Waals surface area (Å²) in [6, 6.07) is 11.0. The molecular weight excluding hydrogens is 216 g/mol. The quantitative estimate of drug-likeness (QED) is 0.842. The minimum Gasteiger partial charge on any atom is -0.439 e. The molecule has 0 saturated heterocycles. The van der Waals surface area contributed by atoms with Gasteiger partial charge in [-0.15, -0.1) is 0 Å². The molecule has 0 unspecified atom stereocenters. The lowest BCUT2D eigenvalue weighted by molar-refractivity contribution is 0.299. The van der Waals surface area contributed by atoms with Crippen LogP contribution in [-0.4, -0.2) is 16.7 Å². The van der Waals surface area contributed by atoms with E-state index in [1.807, 2.05) is 24.3 Å². The summed E-state index contributed by atoms with van der Waals surface area (Å²) in [6.07, 6.45) is 2.20.